The second-order valence-corrected chi connectivity index (χ2v) is 9.81. The van der Waals surface area contributed by atoms with Crippen LogP contribution in [0.25, 0.3) is 5.57 Å². The number of allylic oxidation sites excluding steroid dienone is 1. The average Bonchev–Trinajstić information content (AvgIpc) is 3.02. The van der Waals surface area contributed by atoms with E-state index in [4.69, 9.17) is 4.52 Å². The van der Waals surface area contributed by atoms with Crippen molar-refractivity contribution in [1.29, 1.82) is 0 Å². The molecule has 1 aromatic carbocycles. The van der Waals surface area contributed by atoms with Crippen molar-refractivity contribution in [3.05, 3.63) is 41.2 Å². The Balaban J connectivity index is 2.77. The van der Waals surface area contributed by atoms with E-state index >= 15 is 0 Å². The number of hydrogen-bond donors (Lipinski definition) is 1. The molecular formula is C22H35N3O4P+. The van der Waals surface area contributed by atoms with Gasteiger partial charge in [0, 0.05) is 50.4 Å². The molecule has 0 saturated carbocycles. The van der Waals surface area contributed by atoms with Gasteiger partial charge < -0.3 is 5.11 Å². The van der Waals surface area contributed by atoms with Gasteiger partial charge in [-0.15, -0.1) is 14.0 Å². The van der Waals surface area contributed by atoms with Crippen LogP contribution >= 0.6 is 7.94 Å². The Bertz CT molecular complexity index is 768. The van der Waals surface area contributed by atoms with Crippen molar-refractivity contribution < 1.29 is 19.2 Å². The van der Waals surface area contributed by atoms with Gasteiger partial charge in [-0.25, -0.2) is 4.79 Å². The van der Waals surface area contributed by atoms with E-state index in [2.05, 4.69) is 55.6 Å². The van der Waals surface area contributed by atoms with E-state index < -0.39 is 13.9 Å². The summed E-state index contributed by atoms with van der Waals surface area (Å²) in [4.78, 5) is 25.5. The van der Waals surface area contributed by atoms with Gasteiger partial charge in [0.1, 0.15) is 5.57 Å². The molecule has 1 aromatic rings. The quantitative estimate of drug-likeness (QED) is 0.487. The Kier molecular flexibility index (Phi) is 8.56. The van der Waals surface area contributed by atoms with Crippen LogP contribution in [0.2, 0.25) is 0 Å². The summed E-state index contributed by atoms with van der Waals surface area (Å²) in [5.41, 5.74) is 0.787. The molecule has 2 rings (SSSR count). The van der Waals surface area contributed by atoms with Gasteiger partial charge in [-0.3, -0.25) is 9.32 Å². The van der Waals surface area contributed by atoms with Gasteiger partial charge in [0.05, 0.1) is 0 Å². The maximum Gasteiger partial charge on any atom is 0.417 e. The topological polar surface area (TPSA) is 73.3 Å². The van der Waals surface area contributed by atoms with Crippen LogP contribution in [-0.4, -0.2) is 70.1 Å². The lowest BCUT2D eigenvalue weighted by Crippen LogP contribution is -2.46. The Morgan fingerprint density at radius 3 is 1.60 bits per heavy atom. The number of rotatable bonds is 12. The fraction of sp³-hybridized carbons (Fsp3) is 0.545. The summed E-state index contributed by atoms with van der Waals surface area (Å²) in [5, 5.41) is 9.99. The first-order valence-electron chi connectivity index (χ1n) is 10.8. The van der Waals surface area contributed by atoms with Crippen molar-refractivity contribution in [2.24, 2.45) is 0 Å². The van der Waals surface area contributed by atoms with E-state index in [-0.39, 0.29) is 17.1 Å². The zero-order chi connectivity index (χ0) is 22.5. The van der Waals surface area contributed by atoms with E-state index in [0.29, 0.717) is 11.1 Å². The summed E-state index contributed by atoms with van der Waals surface area (Å²) in [6.07, 6.45) is 0. The largest absolute Gasteiger partial charge is 0.478 e. The van der Waals surface area contributed by atoms with Gasteiger partial charge >= 0.3 is 13.9 Å². The second kappa shape index (κ2) is 10.5. The Hall–Kier alpha value is -1.79. The van der Waals surface area contributed by atoms with Crippen molar-refractivity contribution in [2.45, 2.75) is 41.5 Å². The number of carboxylic acid groups (broad SMARTS) is 1. The van der Waals surface area contributed by atoms with E-state index in [9.17, 15) is 14.7 Å². The minimum absolute atomic E-state index is 0.0357. The molecule has 0 bridgehead atoms. The van der Waals surface area contributed by atoms with E-state index in [0.717, 1.165) is 39.3 Å². The van der Waals surface area contributed by atoms with Crippen LogP contribution in [0, 0.1) is 0 Å². The zero-order valence-corrected chi connectivity index (χ0v) is 19.9. The van der Waals surface area contributed by atoms with Crippen molar-refractivity contribution in [2.75, 3.05) is 39.3 Å². The molecule has 30 heavy (non-hydrogen) atoms. The van der Waals surface area contributed by atoms with Crippen LogP contribution in [0.3, 0.4) is 0 Å². The van der Waals surface area contributed by atoms with E-state index in [1.54, 1.807) is 24.3 Å². The molecule has 0 atom stereocenters. The number of hydrogen-bond acceptors (Lipinski definition) is 6. The second-order valence-electron chi connectivity index (χ2n) is 6.91. The molecule has 0 aromatic heterocycles. The predicted octanol–water partition coefficient (Wildman–Crippen LogP) is 4.40. The summed E-state index contributed by atoms with van der Waals surface area (Å²) >= 11 is 0. The number of fused-ring (bicyclic) bond motifs is 1. The Morgan fingerprint density at radius 2 is 1.23 bits per heavy atom. The first-order chi connectivity index (χ1) is 14.4. The van der Waals surface area contributed by atoms with Crippen LogP contribution in [-0.2, 0) is 9.32 Å². The number of ketones is 1. The van der Waals surface area contributed by atoms with Gasteiger partial charge in [-0.1, -0.05) is 24.3 Å². The maximum atomic E-state index is 13.3. The molecule has 0 heterocycles. The fourth-order valence-electron chi connectivity index (χ4n) is 4.17. The van der Waals surface area contributed by atoms with Gasteiger partial charge in [0.2, 0.25) is 11.5 Å². The molecule has 1 aliphatic carbocycles. The average molecular weight is 437 g/mol. The Labute approximate surface area is 180 Å². The highest BCUT2D eigenvalue weighted by Crippen LogP contribution is 2.70. The monoisotopic (exact) mass is 436 g/mol. The number of carbonyl (C=O) groups excluding carboxylic acids is 1. The van der Waals surface area contributed by atoms with Crippen LogP contribution in [0.5, 0.6) is 0 Å². The molecule has 0 saturated heterocycles. The number of benzene rings is 1. The first kappa shape index (κ1) is 24.5. The number of nitrogens with zero attached hydrogens (tertiary/aromatic N) is 3. The number of Topliss-reactive ketones (excluding diaryl/α,β-unsaturated/α-hetero) is 1. The van der Waals surface area contributed by atoms with Crippen molar-refractivity contribution in [3.8, 4) is 0 Å². The lowest BCUT2D eigenvalue weighted by Gasteiger charge is -2.43. The standard InChI is InChI=1S/C22H34N3O4P/c1-7-23(8-2)30(24(9-3)10-4,25(11-5)12-6)29-21-19(22(27)28)17-15-13-14-16-18(17)20(21)26/h13-16H,7-12H2,1-6H3/p+1. The molecule has 1 aliphatic rings. The third kappa shape index (κ3) is 4.04. The highest BCUT2D eigenvalue weighted by atomic mass is 31.2. The number of carboxylic acids is 1. The fourth-order valence-corrected chi connectivity index (χ4v) is 8.21. The van der Waals surface area contributed by atoms with Crippen LogP contribution < -0.4 is 0 Å². The SMILES string of the molecule is CCN(CC)[P+](OC1=C(C(=O)O)c2ccccc2C1=O)(N(CC)CC)N(CC)CC. The van der Waals surface area contributed by atoms with Gasteiger partial charge in [-0.05, 0) is 41.5 Å². The molecule has 0 aliphatic heterocycles. The maximum absolute atomic E-state index is 13.3. The molecule has 0 unspecified atom stereocenters. The third-order valence-electron chi connectivity index (χ3n) is 5.60. The molecule has 7 nitrogen and oxygen atoms in total. The predicted molar refractivity (Wildman–Crippen MR) is 122 cm³/mol. The van der Waals surface area contributed by atoms with Gasteiger partial charge in [0.15, 0.2) is 0 Å². The number of carbonyl (C=O) groups is 2. The van der Waals surface area contributed by atoms with Crippen molar-refractivity contribution >= 4 is 25.3 Å². The molecular weight excluding hydrogens is 401 g/mol. The molecule has 0 amide bonds. The summed E-state index contributed by atoms with van der Waals surface area (Å²) in [5.74, 6) is -1.53. The molecule has 1 N–H and O–H groups in total. The molecule has 0 spiro atoms. The molecule has 0 fully saturated rings. The normalized spacial score (nSPS) is 14.2. The van der Waals surface area contributed by atoms with Crippen LogP contribution in [0.4, 0.5) is 0 Å². The summed E-state index contributed by atoms with van der Waals surface area (Å²) in [6, 6.07) is 6.85. The zero-order valence-electron chi connectivity index (χ0n) is 19.0. The minimum atomic E-state index is -2.66. The van der Waals surface area contributed by atoms with Crippen molar-refractivity contribution in [3.63, 3.8) is 0 Å². The highest BCUT2D eigenvalue weighted by Gasteiger charge is 2.60. The molecule has 0 radical (unpaired) electrons. The van der Waals surface area contributed by atoms with Crippen LogP contribution in [0.1, 0.15) is 57.5 Å². The number of aliphatic carboxylic acids is 1. The molecule has 166 valence electrons. The summed E-state index contributed by atoms with van der Waals surface area (Å²) in [6.45, 7) is 16.8. The molecule has 8 heteroatoms. The smallest absolute Gasteiger partial charge is 0.417 e. The third-order valence-corrected chi connectivity index (χ3v) is 9.93. The first-order valence-corrected chi connectivity index (χ1v) is 12.4. The summed E-state index contributed by atoms with van der Waals surface area (Å²) < 4.78 is 13.5. The van der Waals surface area contributed by atoms with E-state index in [1.165, 1.54) is 0 Å². The van der Waals surface area contributed by atoms with Gasteiger partial charge in [-0.2, -0.15) is 0 Å². The Morgan fingerprint density at radius 1 is 0.833 bits per heavy atom. The van der Waals surface area contributed by atoms with Crippen molar-refractivity contribution in [1.82, 2.24) is 14.0 Å². The summed E-state index contributed by atoms with van der Waals surface area (Å²) in [7, 11) is -2.66. The van der Waals surface area contributed by atoms with E-state index in [1.807, 2.05) is 0 Å². The minimum Gasteiger partial charge on any atom is -0.478 e. The lowest BCUT2D eigenvalue weighted by molar-refractivity contribution is -0.130. The highest BCUT2D eigenvalue weighted by molar-refractivity contribution is 7.64. The lowest BCUT2D eigenvalue weighted by atomic mass is 10.1. The van der Waals surface area contributed by atoms with Gasteiger partial charge in [0.25, 0.3) is 0 Å². The van der Waals surface area contributed by atoms with Crippen LogP contribution in [0.15, 0.2) is 30.0 Å².